The molecule has 0 heterocycles. The summed E-state index contributed by atoms with van der Waals surface area (Å²) in [5.41, 5.74) is 5.85. The van der Waals surface area contributed by atoms with E-state index in [9.17, 15) is 4.21 Å². The summed E-state index contributed by atoms with van der Waals surface area (Å²) in [7, 11) is 0.718. The number of benzene rings is 1. The number of hydrogen-bond donors (Lipinski definition) is 1. The average molecular weight is 253 g/mol. The van der Waals surface area contributed by atoms with Crippen molar-refractivity contribution in [3.8, 4) is 5.75 Å². The molecule has 17 heavy (non-hydrogen) atoms. The first kappa shape index (κ1) is 12.6. The Morgan fingerprint density at radius 2 is 2.00 bits per heavy atom. The number of nitrogens with two attached hydrogens (primary N) is 1. The van der Waals surface area contributed by atoms with Gasteiger partial charge in [0.25, 0.3) is 0 Å². The van der Waals surface area contributed by atoms with Crippen LogP contribution in [0.25, 0.3) is 0 Å². The molecule has 0 spiro atoms. The Kier molecular flexibility index (Phi) is 3.84. The van der Waals surface area contributed by atoms with E-state index in [1.807, 2.05) is 24.3 Å². The third-order valence-electron chi connectivity index (χ3n) is 3.39. The van der Waals surface area contributed by atoms with Crippen molar-refractivity contribution in [2.24, 2.45) is 11.1 Å². The summed E-state index contributed by atoms with van der Waals surface area (Å²) in [5.74, 6) is 1.55. The van der Waals surface area contributed by atoms with Crippen LogP contribution in [0, 0.1) is 5.41 Å². The molecule has 0 bridgehead atoms. The average Bonchev–Trinajstić information content (AvgIpc) is 3.09. The second-order valence-corrected chi connectivity index (χ2v) is 6.16. The van der Waals surface area contributed by atoms with E-state index in [2.05, 4.69) is 0 Å². The van der Waals surface area contributed by atoms with Crippen molar-refractivity contribution in [1.82, 2.24) is 0 Å². The third-order valence-corrected chi connectivity index (χ3v) is 5.06. The molecule has 1 aromatic carbocycles. The van der Waals surface area contributed by atoms with Gasteiger partial charge in [-0.15, -0.1) is 0 Å². The number of methoxy groups -OCH3 is 1. The molecule has 2 rings (SSSR count). The van der Waals surface area contributed by atoms with E-state index in [4.69, 9.17) is 10.5 Å². The lowest BCUT2D eigenvalue weighted by Crippen LogP contribution is -2.16. The Bertz CT molecular complexity index is 398. The molecule has 0 aromatic heterocycles. The fourth-order valence-electron chi connectivity index (χ4n) is 2.04. The van der Waals surface area contributed by atoms with Gasteiger partial charge in [0.15, 0.2) is 0 Å². The molecule has 1 fully saturated rings. The maximum absolute atomic E-state index is 12.2. The minimum Gasteiger partial charge on any atom is -0.497 e. The van der Waals surface area contributed by atoms with Crippen molar-refractivity contribution < 1.29 is 8.95 Å². The van der Waals surface area contributed by atoms with E-state index in [1.54, 1.807) is 7.11 Å². The fourth-order valence-corrected chi connectivity index (χ4v) is 3.63. The Morgan fingerprint density at radius 1 is 1.35 bits per heavy atom. The highest BCUT2D eigenvalue weighted by molar-refractivity contribution is 7.85. The van der Waals surface area contributed by atoms with Gasteiger partial charge >= 0.3 is 0 Å². The SMILES string of the molecule is COc1ccc(S(=O)CC2(CCN)CC2)cc1. The number of hydrogen-bond acceptors (Lipinski definition) is 3. The molecule has 1 aromatic rings. The summed E-state index contributed by atoms with van der Waals surface area (Å²) in [4.78, 5) is 0.883. The second-order valence-electron chi connectivity index (χ2n) is 4.70. The molecule has 0 saturated heterocycles. The molecule has 0 radical (unpaired) electrons. The minimum absolute atomic E-state index is 0.263. The molecule has 0 aliphatic heterocycles. The third kappa shape index (κ3) is 3.07. The summed E-state index contributed by atoms with van der Waals surface area (Å²) >= 11 is 0. The Morgan fingerprint density at radius 3 is 2.47 bits per heavy atom. The van der Waals surface area contributed by atoms with Gasteiger partial charge in [0.1, 0.15) is 5.75 Å². The molecule has 1 aliphatic rings. The monoisotopic (exact) mass is 253 g/mol. The van der Waals surface area contributed by atoms with Crippen LogP contribution in [0.3, 0.4) is 0 Å². The summed E-state index contributed by atoms with van der Waals surface area (Å²) < 4.78 is 17.3. The maximum Gasteiger partial charge on any atom is 0.118 e. The van der Waals surface area contributed by atoms with Gasteiger partial charge in [-0.25, -0.2) is 0 Å². The summed E-state index contributed by atoms with van der Waals surface area (Å²) in [6.45, 7) is 0.694. The van der Waals surface area contributed by atoms with Gasteiger partial charge in [0.2, 0.25) is 0 Å². The van der Waals surface area contributed by atoms with Crippen LogP contribution in [0.15, 0.2) is 29.2 Å². The van der Waals surface area contributed by atoms with Crippen LogP contribution in [-0.4, -0.2) is 23.6 Å². The molecule has 3 nitrogen and oxygen atoms in total. The van der Waals surface area contributed by atoms with Crippen molar-refractivity contribution in [2.75, 3.05) is 19.4 Å². The van der Waals surface area contributed by atoms with E-state index < -0.39 is 10.8 Å². The topological polar surface area (TPSA) is 52.3 Å². The van der Waals surface area contributed by atoms with Gasteiger partial charge in [0, 0.05) is 10.6 Å². The standard InChI is InChI=1S/C13H19NO2S/c1-16-11-2-4-12(5-3-11)17(15)10-13(6-7-13)8-9-14/h2-5H,6-10,14H2,1H3. The van der Waals surface area contributed by atoms with Gasteiger partial charge in [-0.3, -0.25) is 4.21 Å². The molecule has 1 atom stereocenters. The Labute approximate surface area is 105 Å². The van der Waals surface area contributed by atoms with Gasteiger partial charge in [-0.1, -0.05) is 0 Å². The largest absolute Gasteiger partial charge is 0.497 e. The molecular weight excluding hydrogens is 234 g/mol. The van der Waals surface area contributed by atoms with Crippen LogP contribution in [0.1, 0.15) is 19.3 Å². The molecular formula is C13H19NO2S. The predicted molar refractivity (Wildman–Crippen MR) is 69.6 cm³/mol. The zero-order chi connectivity index (χ0) is 12.3. The minimum atomic E-state index is -0.913. The number of ether oxygens (including phenoxy) is 1. The summed E-state index contributed by atoms with van der Waals surface area (Å²) in [6.07, 6.45) is 3.34. The van der Waals surface area contributed by atoms with E-state index in [0.29, 0.717) is 6.54 Å². The molecule has 4 heteroatoms. The van der Waals surface area contributed by atoms with E-state index in [-0.39, 0.29) is 5.41 Å². The van der Waals surface area contributed by atoms with Crippen LogP contribution < -0.4 is 10.5 Å². The summed E-state index contributed by atoms with van der Waals surface area (Å²) in [6, 6.07) is 7.48. The smallest absolute Gasteiger partial charge is 0.118 e. The highest BCUT2D eigenvalue weighted by Crippen LogP contribution is 2.49. The van der Waals surface area contributed by atoms with E-state index in [0.717, 1.165) is 22.8 Å². The van der Waals surface area contributed by atoms with E-state index in [1.165, 1.54) is 12.8 Å². The van der Waals surface area contributed by atoms with Crippen LogP contribution >= 0.6 is 0 Å². The number of rotatable bonds is 6. The lowest BCUT2D eigenvalue weighted by molar-refractivity contribution is 0.414. The molecule has 1 unspecified atom stereocenters. The first-order valence-corrected chi connectivity index (χ1v) is 7.23. The van der Waals surface area contributed by atoms with Gasteiger partial charge in [-0.05, 0) is 55.5 Å². The lowest BCUT2D eigenvalue weighted by atomic mass is 10.1. The Hall–Kier alpha value is -0.870. The highest BCUT2D eigenvalue weighted by Gasteiger charge is 2.43. The van der Waals surface area contributed by atoms with Gasteiger partial charge < -0.3 is 10.5 Å². The maximum atomic E-state index is 12.2. The normalized spacial score (nSPS) is 18.7. The molecule has 94 valence electrons. The quantitative estimate of drug-likeness (QED) is 0.843. The van der Waals surface area contributed by atoms with Crippen molar-refractivity contribution in [3.63, 3.8) is 0 Å². The lowest BCUT2D eigenvalue weighted by Gasteiger charge is -2.13. The van der Waals surface area contributed by atoms with Crippen molar-refractivity contribution in [1.29, 1.82) is 0 Å². The first-order valence-electron chi connectivity index (χ1n) is 5.92. The molecule has 1 saturated carbocycles. The molecule has 1 aliphatic carbocycles. The summed E-state index contributed by atoms with van der Waals surface area (Å²) in [5, 5.41) is 0. The first-order chi connectivity index (χ1) is 8.19. The van der Waals surface area contributed by atoms with E-state index >= 15 is 0 Å². The highest BCUT2D eigenvalue weighted by atomic mass is 32.2. The second kappa shape index (κ2) is 5.19. The van der Waals surface area contributed by atoms with Gasteiger partial charge in [0.05, 0.1) is 17.9 Å². The molecule has 0 amide bonds. The van der Waals surface area contributed by atoms with Crippen LogP contribution in [0.5, 0.6) is 5.75 Å². The van der Waals surface area contributed by atoms with Crippen LogP contribution in [0.4, 0.5) is 0 Å². The fraction of sp³-hybridized carbons (Fsp3) is 0.538. The molecule has 2 N–H and O–H groups in total. The Balaban J connectivity index is 1.99. The zero-order valence-corrected chi connectivity index (χ0v) is 11.0. The predicted octanol–water partition coefficient (Wildman–Crippen LogP) is 1.93. The van der Waals surface area contributed by atoms with Crippen molar-refractivity contribution >= 4 is 10.8 Å². The van der Waals surface area contributed by atoms with Gasteiger partial charge in [-0.2, -0.15) is 0 Å². The van der Waals surface area contributed by atoms with Crippen molar-refractivity contribution in [2.45, 2.75) is 24.2 Å². The van der Waals surface area contributed by atoms with Crippen LogP contribution in [-0.2, 0) is 10.8 Å². The van der Waals surface area contributed by atoms with Crippen molar-refractivity contribution in [3.05, 3.63) is 24.3 Å². The zero-order valence-electron chi connectivity index (χ0n) is 10.1. The van der Waals surface area contributed by atoms with Crippen LogP contribution in [0.2, 0.25) is 0 Å².